The van der Waals surface area contributed by atoms with Crippen LogP contribution in [0.3, 0.4) is 0 Å². The predicted molar refractivity (Wildman–Crippen MR) is 134 cm³/mol. The molecular weight excluding hydrogens is 483 g/mol. The quantitative estimate of drug-likeness (QED) is 0.516. The number of nitrogens with one attached hydrogen (secondary N) is 1. The van der Waals surface area contributed by atoms with Crippen molar-refractivity contribution < 1.29 is 22.7 Å². The first-order chi connectivity index (χ1) is 17.5. The molecule has 2 aromatic heterocycles. The lowest BCUT2D eigenvalue weighted by Crippen LogP contribution is -2.59. The average molecular weight is 512 g/mol. The number of amides is 1. The minimum Gasteiger partial charge on any atom is -0.377 e. The van der Waals surface area contributed by atoms with Crippen LogP contribution in [0.15, 0.2) is 48.8 Å². The van der Waals surface area contributed by atoms with E-state index in [2.05, 4.69) is 35.1 Å². The number of carbonyl (C=O) groups is 1. The molecule has 1 aromatic carbocycles. The van der Waals surface area contributed by atoms with Crippen LogP contribution in [0.1, 0.15) is 47.2 Å². The van der Waals surface area contributed by atoms with Gasteiger partial charge in [-0.05, 0) is 48.4 Å². The maximum Gasteiger partial charge on any atom is 0.433 e. The lowest BCUT2D eigenvalue weighted by molar-refractivity contribution is -0.141. The predicted octanol–water partition coefficient (Wildman–Crippen LogP) is 4.97. The number of benzene rings is 1. The van der Waals surface area contributed by atoms with Crippen molar-refractivity contribution in [2.45, 2.75) is 39.0 Å². The van der Waals surface area contributed by atoms with Crippen LogP contribution in [-0.4, -0.2) is 41.7 Å². The molecule has 3 aromatic rings. The molecule has 0 aliphatic carbocycles. The number of pyridine rings is 2. The standard InChI is InChI=1S/C27H28F3N5O2/c1-15-4-5-18(34-25(36)16-6-7-32-21(11-16)27(28,29)30)12-19(15)17-10-20-23(33-13-17)24(31)26(2,3)22-14-37-9-8-35(20)22/h4-7,10-13,22,24H,8-9,14,31H2,1-3H3,(H,34,36)/t22-,24-/m0/s1. The molecule has 3 N–H and O–H groups in total. The van der Waals surface area contributed by atoms with Crippen molar-refractivity contribution >= 4 is 17.3 Å². The van der Waals surface area contributed by atoms with E-state index in [0.717, 1.165) is 46.9 Å². The Morgan fingerprint density at radius 1 is 1.19 bits per heavy atom. The van der Waals surface area contributed by atoms with E-state index in [0.29, 0.717) is 18.9 Å². The zero-order valence-corrected chi connectivity index (χ0v) is 20.8. The number of rotatable bonds is 3. The summed E-state index contributed by atoms with van der Waals surface area (Å²) in [6, 6.07) is 9.28. The van der Waals surface area contributed by atoms with Gasteiger partial charge in [0, 0.05) is 41.2 Å². The van der Waals surface area contributed by atoms with Crippen molar-refractivity contribution in [3.8, 4) is 11.1 Å². The molecule has 2 aliphatic rings. The van der Waals surface area contributed by atoms with Crippen LogP contribution >= 0.6 is 0 Å². The van der Waals surface area contributed by atoms with Gasteiger partial charge >= 0.3 is 6.18 Å². The molecule has 5 rings (SSSR count). The summed E-state index contributed by atoms with van der Waals surface area (Å²) in [4.78, 5) is 23.1. The largest absolute Gasteiger partial charge is 0.433 e. The second-order valence-electron chi connectivity index (χ2n) is 10.1. The molecule has 0 spiro atoms. The summed E-state index contributed by atoms with van der Waals surface area (Å²) in [5.41, 5.74) is 10.1. The number of carbonyl (C=O) groups excluding carboxylic acids is 1. The van der Waals surface area contributed by atoms with Gasteiger partial charge in [-0.3, -0.25) is 14.8 Å². The third-order valence-electron chi connectivity index (χ3n) is 7.41. The number of hydrogen-bond acceptors (Lipinski definition) is 6. The third kappa shape index (κ3) is 4.55. The van der Waals surface area contributed by atoms with Crippen molar-refractivity contribution in [3.63, 3.8) is 0 Å². The minimum absolute atomic E-state index is 0.120. The molecule has 194 valence electrons. The van der Waals surface area contributed by atoms with Gasteiger partial charge in [0.2, 0.25) is 0 Å². The van der Waals surface area contributed by atoms with Gasteiger partial charge in [-0.2, -0.15) is 13.2 Å². The van der Waals surface area contributed by atoms with E-state index in [1.807, 2.05) is 13.0 Å². The number of ether oxygens (including phenoxy) is 1. The normalized spacial score (nSPS) is 20.7. The zero-order chi connectivity index (χ0) is 26.5. The Hall–Kier alpha value is -3.50. The molecule has 10 heteroatoms. The van der Waals surface area contributed by atoms with Gasteiger partial charge in [-0.1, -0.05) is 19.9 Å². The van der Waals surface area contributed by atoms with Crippen molar-refractivity contribution in [1.29, 1.82) is 0 Å². The third-order valence-corrected chi connectivity index (χ3v) is 7.41. The summed E-state index contributed by atoms with van der Waals surface area (Å²) >= 11 is 0. The summed E-state index contributed by atoms with van der Waals surface area (Å²) in [6.07, 6.45) is -1.88. The lowest BCUT2D eigenvalue weighted by Gasteiger charge is -2.52. The Morgan fingerprint density at radius 2 is 1.97 bits per heavy atom. The van der Waals surface area contributed by atoms with Gasteiger partial charge in [0.1, 0.15) is 5.69 Å². The first-order valence-electron chi connectivity index (χ1n) is 12.0. The SMILES string of the molecule is Cc1ccc(NC(=O)c2ccnc(C(F)(F)F)c2)cc1-c1cnc2c(c1)N1CCOC[C@H]1C(C)(C)[C@H]2N. The number of hydrogen-bond donors (Lipinski definition) is 2. The first kappa shape index (κ1) is 25.2. The first-order valence-corrected chi connectivity index (χ1v) is 12.0. The van der Waals surface area contributed by atoms with Crippen molar-refractivity contribution in [2.24, 2.45) is 11.1 Å². The van der Waals surface area contributed by atoms with Crippen LogP contribution in [0.25, 0.3) is 11.1 Å². The highest BCUT2D eigenvalue weighted by molar-refractivity contribution is 6.04. The zero-order valence-electron chi connectivity index (χ0n) is 20.8. The van der Waals surface area contributed by atoms with E-state index >= 15 is 0 Å². The molecule has 2 aliphatic heterocycles. The molecule has 1 fully saturated rings. The molecule has 0 unspecified atom stereocenters. The fourth-order valence-corrected chi connectivity index (χ4v) is 5.09. The van der Waals surface area contributed by atoms with E-state index < -0.39 is 17.8 Å². The maximum absolute atomic E-state index is 13.0. The fourth-order valence-electron chi connectivity index (χ4n) is 5.09. The minimum atomic E-state index is -4.63. The lowest BCUT2D eigenvalue weighted by atomic mass is 9.72. The Labute approximate surface area is 212 Å². The van der Waals surface area contributed by atoms with Crippen LogP contribution in [-0.2, 0) is 10.9 Å². The van der Waals surface area contributed by atoms with Gasteiger partial charge in [-0.25, -0.2) is 0 Å². The monoisotopic (exact) mass is 511 g/mol. The summed E-state index contributed by atoms with van der Waals surface area (Å²) in [7, 11) is 0. The van der Waals surface area contributed by atoms with Crippen LogP contribution in [0.4, 0.5) is 24.5 Å². The second kappa shape index (κ2) is 9.11. The number of morpholine rings is 1. The Balaban J connectivity index is 1.47. The molecule has 37 heavy (non-hydrogen) atoms. The van der Waals surface area contributed by atoms with Crippen molar-refractivity contribution in [2.75, 3.05) is 30.0 Å². The number of aromatic nitrogens is 2. The Morgan fingerprint density at radius 3 is 2.73 bits per heavy atom. The second-order valence-corrected chi connectivity index (χ2v) is 10.1. The summed E-state index contributed by atoms with van der Waals surface area (Å²) in [5, 5.41) is 2.70. The number of fused-ring (bicyclic) bond motifs is 3. The van der Waals surface area contributed by atoms with E-state index in [-0.39, 0.29) is 23.1 Å². The smallest absolute Gasteiger partial charge is 0.377 e. The van der Waals surface area contributed by atoms with Crippen LogP contribution < -0.4 is 16.0 Å². The highest BCUT2D eigenvalue weighted by Crippen LogP contribution is 2.48. The molecule has 0 bridgehead atoms. The molecule has 1 amide bonds. The number of anilines is 2. The number of alkyl halides is 3. The number of aryl methyl sites for hydroxylation is 1. The average Bonchev–Trinajstić information content (AvgIpc) is 2.88. The highest BCUT2D eigenvalue weighted by Gasteiger charge is 2.47. The van der Waals surface area contributed by atoms with Gasteiger partial charge < -0.3 is 20.7 Å². The molecule has 4 heterocycles. The number of nitrogens with zero attached hydrogens (tertiary/aromatic N) is 3. The molecule has 0 radical (unpaired) electrons. The van der Waals surface area contributed by atoms with E-state index in [4.69, 9.17) is 15.5 Å². The molecular formula is C27H28F3N5O2. The summed E-state index contributed by atoms with van der Waals surface area (Å²) in [6.45, 7) is 8.18. The van der Waals surface area contributed by atoms with Gasteiger partial charge in [-0.15, -0.1) is 0 Å². The summed E-state index contributed by atoms with van der Waals surface area (Å²) < 4.78 is 44.8. The highest BCUT2D eigenvalue weighted by atomic mass is 19.4. The van der Waals surface area contributed by atoms with Crippen molar-refractivity contribution in [1.82, 2.24) is 9.97 Å². The molecule has 7 nitrogen and oxygen atoms in total. The molecule has 2 atom stereocenters. The van der Waals surface area contributed by atoms with E-state index in [1.54, 1.807) is 18.3 Å². The van der Waals surface area contributed by atoms with E-state index in [9.17, 15) is 18.0 Å². The van der Waals surface area contributed by atoms with E-state index in [1.165, 1.54) is 6.07 Å². The Bertz CT molecular complexity index is 1360. The van der Waals surface area contributed by atoms with Crippen LogP contribution in [0, 0.1) is 12.3 Å². The van der Waals surface area contributed by atoms with Gasteiger partial charge in [0.15, 0.2) is 0 Å². The van der Waals surface area contributed by atoms with Crippen LogP contribution in [0.5, 0.6) is 0 Å². The van der Waals surface area contributed by atoms with Crippen molar-refractivity contribution in [3.05, 3.63) is 71.3 Å². The summed E-state index contributed by atoms with van der Waals surface area (Å²) in [5.74, 6) is -0.657. The number of nitrogens with two attached hydrogens (primary N) is 1. The molecule has 1 saturated heterocycles. The van der Waals surface area contributed by atoms with Gasteiger partial charge in [0.05, 0.1) is 36.7 Å². The topological polar surface area (TPSA) is 93.4 Å². The van der Waals surface area contributed by atoms with Gasteiger partial charge in [0.25, 0.3) is 5.91 Å². The fraction of sp³-hybridized carbons (Fsp3) is 0.370. The Kier molecular flexibility index (Phi) is 6.19. The maximum atomic E-state index is 13.0. The number of halogens is 3. The molecule has 0 saturated carbocycles. The van der Waals surface area contributed by atoms with Crippen LogP contribution in [0.2, 0.25) is 0 Å².